The van der Waals surface area contributed by atoms with Gasteiger partial charge in [-0.25, -0.2) is 9.69 Å². The summed E-state index contributed by atoms with van der Waals surface area (Å²) in [6, 6.07) is 5.27. The number of amides is 2. The maximum absolute atomic E-state index is 12.2. The van der Waals surface area contributed by atoms with Gasteiger partial charge >= 0.3 is 6.03 Å². The summed E-state index contributed by atoms with van der Waals surface area (Å²) in [5.41, 5.74) is 8.48. The number of nitrogens with zero attached hydrogens (tertiary/aromatic N) is 4. The van der Waals surface area contributed by atoms with Crippen molar-refractivity contribution in [3.63, 3.8) is 0 Å². The zero-order valence-corrected chi connectivity index (χ0v) is 17.5. The van der Waals surface area contributed by atoms with E-state index in [9.17, 15) is 4.79 Å². The summed E-state index contributed by atoms with van der Waals surface area (Å²) < 4.78 is 0. The fraction of sp³-hybridized carbons (Fsp3) is 0.526. The molecule has 0 atom stereocenters. The van der Waals surface area contributed by atoms with Crippen LogP contribution in [0.4, 0.5) is 10.5 Å². The molecule has 2 amide bonds. The van der Waals surface area contributed by atoms with E-state index in [1.54, 1.807) is 7.05 Å². The van der Waals surface area contributed by atoms with Crippen LogP contribution in [-0.2, 0) is 0 Å². The first-order chi connectivity index (χ1) is 12.4. The Kier molecular flexibility index (Phi) is 9.08. The minimum atomic E-state index is -0.587. The first kappa shape index (κ1) is 22.8. The Morgan fingerprint density at radius 3 is 2.59 bits per heavy atom. The molecule has 8 heteroatoms. The van der Waals surface area contributed by atoms with Gasteiger partial charge in [-0.2, -0.15) is 0 Å². The standard InChI is InChI=1S/C19H30N6O.ClH/c1-14-9-10-16(15(2)13-14)25(17(20)26)18(21-3)23-19-22-11-7-5-6-8-12-24(19)4;/h9-10,13H,5-8,11-12H2,1-4H3,(H2,20,26)(H,21,22,23);1H. The Labute approximate surface area is 168 Å². The van der Waals surface area contributed by atoms with Gasteiger partial charge in [0.25, 0.3) is 0 Å². The quantitative estimate of drug-likeness (QED) is 0.567. The van der Waals surface area contributed by atoms with Crippen molar-refractivity contribution < 1.29 is 4.79 Å². The van der Waals surface area contributed by atoms with Crippen LogP contribution in [0.1, 0.15) is 36.8 Å². The van der Waals surface area contributed by atoms with Gasteiger partial charge in [0.1, 0.15) is 0 Å². The average molecular weight is 395 g/mol. The molecular weight excluding hydrogens is 364 g/mol. The zero-order chi connectivity index (χ0) is 19.1. The van der Waals surface area contributed by atoms with E-state index < -0.39 is 6.03 Å². The Balaban J connectivity index is 0.00000364. The molecule has 1 aliphatic rings. The van der Waals surface area contributed by atoms with Crippen LogP contribution >= 0.6 is 12.4 Å². The Hall–Kier alpha value is -2.28. The first-order valence-electron chi connectivity index (χ1n) is 9.10. The number of benzene rings is 1. The Morgan fingerprint density at radius 2 is 1.96 bits per heavy atom. The lowest BCUT2D eigenvalue weighted by Gasteiger charge is -2.28. The summed E-state index contributed by atoms with van der Waals surface area (Å²) in [5, 5.41) is 3.22. The van der Waals surface area contributed by atoms with Crippen molar-refractivity contribution in [3.8, 4) is 0 Å². The highest BCUT2D eigenvalue weighted by atomic mass is 35.5. The molecule has 0 saturated heterocycles. The van der Waals surface area contributed by atoms with Crippen molar-refractivity contribution >= 4 is 36.0 Å². The van der Waals surface area contributed by atoms with Gasteiger partial charge in [-0.1, -0.05) is 30.5 Å². The second-order valence-corrected chi connectivity index (χ2v) is 6.68. The number of aliphatic imine (C=N–C) groups is 2. The van der Waals surface area contributed by atoms with Crippen molar-refractivity contribution in [1.29, 1.82) is 0 Å². The highest BCUT2D eigenvalue weighted by Gasteiger charge is 2.23. The van der Waals surface area contributed by atoms with Crippen LogP contribution in [0, 0.1) is 13.8 Å². The molecule has 1 aromatic carbocycles. The topological polar surface area (TPSA) is 86.3 Å². The molecule has 150 valence electrons. The molecule has 1 aromatic rings. The maximum atomic E-state index is 12.2. The largest absolute Gasteiger partial charge is 0.351 e. The zero-order valence-electron chi connectivity index (χ0n) is 16.7. The summed E-state index contributed by atoms with van der Waals surface area (Å²) in [6.45, 7) is 5.63. The molecule has 0 saturated carbocycles. The summed E-state index contributed by atoms with van der Waals surface area (Å²) in [7, 11) is 3.63. The third kappa shape index (κ3) is 6.13. The van der Waals surface area contributed by atoms with Crippen molar-refractivity contribution in [2.75, 3.05) is 32.1 Å². The lowest BCUT2D eigenvalue weighted by molar-refractivity contribution is 0.256. The van der Waals surface area contributed by atoms with Crippen LogP contribution < -0.4 is 16.0 Å². The van der Waals surface area contributed by atoms with E-state index in [2.05, 4.69) is 20.2 Å². The molecule has 0 fully saturated rings. The van der Waals surface area contributed by atoms with Gasteiger partial charge in [0.05, 0.1) is 5.69 Å². The maximum Gasteiger partial charge on any atom is 0.326 e. The summed E-state index contributed by atoms with van der Waals surface area (Å²) in [6.07, 6.45) is 4.58. The SMILES string of the molecule is CN=C(NC1=NCCCCCCN1C)N(C(N)=O)c1ccc(C)cc1C.Cl. The second-order valence-electron chi connectivity index (χ2n) is 6.68. The van der Waals surface area contributed by atoms with E-state index in [0.29, 0.717) is 17.6 Å². The van der Waals surface area contributed by atoms with Crippen LogP contribution in [0.2, 0.25) is 0 Å². The number of rotatable bonds is 1. The number of guanidine groups is 2. The molecular formula is C19H31ClN6O. The van der Waals surface area contributed by atoms with Gasteiger partial charge in [-0.05, 0) is 38.3 Å². The monoisotopic (exact) mass is 394 g/mol. The number of carbonyl (C=O) groups is 1. The first-order valence-corrected chi connectivity index (χ1v) is 9.10. The van der Waals surface area contributed by atoms with Crippen LogP contribution in [0.15, 0.2) is 28.2 Å². The molecule has 1 heterocycles. The van der Waals surface area contributed by atoms with Crippen LogP contribution in [-0.4, -0.2) is 50.0 Å². The van der Waals surface area contributed by atoms with E-state index in [1.165, 1.54) is 17.7 Å². The second kappa shape index (κ2) is 10.8. The van der Waals surface area contributed by atoms with Crippen molar-refractivity contribution in [3.05, 3.63) is 29.3 Å². The van der Waals surface area contributed by atoms with Gasteiger partial charge in [0.15, 0.2) is 0 Å². The molecule has 0 radical (unpaired) electrons. The van der Waals surface area contributed by atoms with E-state index >= 15 is 0 Å². The number of nitrogens with one attached hydrogen (secondary N) is 1. The third-order valence-corrected chi connectivity index (χ3v) is 4.49. The van der Waals surface area contributed by atoms with Crippen molar-refractivity contribution in [1.82, 2.24) is 10.2 Å². The number of halogens is 1. The van der Waals surface area contributed by atoms with Gasteiger partial charge < -0.3 is 10.6 Å². The van der Waals surface area contributed by atoms with Crippen LogP contribution in [0.3, 0.4) is 0 Å². The number of urea groups is 1. The number of aryl methyl sites for hydroxylation is 2. The lowest BCUT2D eigenvalue weighted by atomic mass is 10.1. The fourth-order valence-electron chi connectivity index (χ4n) is 3.07. The van der Waals surface area contributed by atoms with Gasteiger partial charge in [-0.15, -0.1) is 12.4 Å². The number of hydrogen-bond donors (Lipinski definition) is 2. The molecule has 0 spiro atoms. The van der Waals surface area contributed by atoms with E-state index in [1.807, 2.05) is 39.1 Å². The van der Waals surface area contributed by atoms with E-state index in [0.717, 1.165) is 37.1 Å². The predicted octanol–water partition coefficient (Wildman–Crippen LogP) is 3.05. The third-order valence-electron chi connectivity index (χ3n) is 4.49. The summed E-state index contributed by atoms with van der Waals surface area (Å²) >= 11 is 0. The predicted molar refractivity (Wildman–Crippen MR) is 115 cm³/mol. The number of carbonyl (C=O) groups excluding carboxylic acids is 1. The van der Waals surface area contributed by atoms with Crippen LogP contribution in [0.25, 0.3) is 0 Å². The van der Waals surface area contributed by atoms with Gasteiger partial charge in [0, 0.05) is 27.2 Å². The Morgan fingerprint density at radius 1 is 1.26 bits per heavy atom. The molecule has 2 rings (SSSR count). The van der Waals surface area contributed by atoms with Crippen molar-refractivity contribution in [2.45, 2.75) is 39.5 Å². The Bertz CT molecular complexity index is 703. The molecule has 3 N–H and O–H groups in total. The number of primary amides is 1. The fourth-order valence-corrected chi connectivity index (χ4v) is 3.07. The van der Waals surface area contributed by atoms with Crippen molar-refractivity contribution in [2.24, 2.45) is 15.7 Å². The smallest absolute Gasteiger partial charge is 0.326 e. The molecule has 7 nitrogen and oxygen atoms in total. The molecule has 27 heavy (non-hydrogen) atoms. The number of hydrogen-bond acceptors (Lipinski definition) is 4. The molecule has 1 aliphatic heterocycles. The number of nitrogens with two attached hydrogens (primary N) is 1. The highest BCUT2D eigenvalue weighted by Crippen LogP contribution is 2.21. The summed E-state index contributed by atoms with van der Waals surface area (Å²) in [4.78, 5) is 24.6. The minimum Gasteiger partial charge on any atom is -0.351 e. The summed E-state index contributed by atoms with van der Waals surface area (Å²) in [5.74, 6) is 1.08. The molecule has 0 aliphatic carbocycles. The molecule has 0 unspecified atom stereocenters. The van der Waals surface area contributed by atoms with E-state index in [-0.39, 0.29) is 12.4 Å². The lowest BCUT2D eigenvalue weighted by Crippen LogP contribution is -2.53. The highest BCUT2D eigenvalue weighted by molar-refractivity contribution is 6.19. The average Bonchev–Trinajstić information content (AvgIpc) is 2.68. The van der Waals surface area contributed by atoms with Gasteiger partial charge in [-0.3, -0.25) is 15.3 Å². The normalized spacial score (nSPS) is 15.6. The molecule has 0 aromatic heterocycles. The van der Waals surface area contributed by atoms with Gasteiger partial charge in [0.2, 0.25) is 11.9 Å². The van der Waals surface area contributed by atoms with E-state index in [4.69, 9.17) is 5.73 Å². The molecule has 0 bridgehead atoms. The minimum absolute atomic E-state index is 0. The van der Waals surface area contributed by atoms with Crippen LogP contribution in [0.5, 0.6) is 0 Å². The number of anilines is 1.